The molecule has 1 amide bonds. The van der Waals surface area contributed by atoms with Gasteiger partial charge in [-0.2, -0.15) is 0 Å². The molecule has 0 saturated heterocycles. The van der Waals surface area contributed by atoms with Gasteiger partial charge in [-0.3, -0.25) is 4.90 Å². The van der Waals surface area contributed by atoms with Crippen LogP contribution in [0.2, 0.25) is 0 Å². The number of anilines is 1. The van der Waals surface area contributed by atoms with Crippen LogP contribution in [0.25, 0.3) is 0 Å². The molecule has 0 radical (unpaired) electrons. The molecule has 1 aromatic carbocycles. The Morgan fingerprint density at radius 2 is 1.79 bits per heavy atom. The number of rotatable bonds is 1. The van der Waals surface area contributed by atoms with E-state index in [-0.39, 0.29) is 12.2 Å². The lowest BCUT2D eigenvalue weighted by Gasteiger charge is -2.30. The van der Waals surface area contributed by atoms with E-state index in [1.807, 2.05) is 18.7 Å². The molecule has 19 heavy (non-hydrogen) atoms. The maximum absolute atomic E-state index is 12.2. The third kappa shape index (κ3) is 2.34. The Morgan fingerprint density at radius 3 is 2.53 bits per heavy atom. The van der Waals surface area contributed by atoms with Crippen molar-refractivity contribution in [2.24, 2.45) is 0 Å². The number of ether oxygens (including phenoxy) is 1. The highest BCUT2D eigenvalue weighted by atomic mass is 16.6. The normalized spacial score (nSPS) is 17.3. The Balaban J connectivity index is 1.93. The van der Waals surface area contributed by atoms with Crippen molar-refractivity contribution < 1.29 is 9.53 Å². The van der Waals surface area contributed by atoms with Gasteiger partial charge in [0.1, 0.15) is 0 Å². The summed E-state index contributed by atoms with van der Waals surface area (Å²) < 4.78 is 5.35. The molecule has 0 spiro atoms. The average molecular weight is 259 g/mol. The van der Waals surface area contributed by atoms with Gasteiger partial charge < -0.3 is 4.74 Å². The molecule has 0 N–H and O–H groups in total. The Hall–Kier alpha value is -1.51. The lowest BCUT2D eigenvalue weighted by atomic mass is 9.97. The number of carbonyl (C=O) groups excluding carboxylic acids is 1. The van der Waals surface area contributed by atoms with Gasteiger partial charge in [0, 0.05) is 6.54 Å². The summed E-state index contributed by atoms with van der Waals surface area (Å²) >= 11 is 0. The summed E-state index contributed by atoms with van der Waals surface area (Å²) in [7, 11) is 0. The maximum atomic E-state index is 12.2. The minimum absolute atomic E-state index is 0.0627. The van der Waals surface area contributed by atoms with E-state index in [1.54, 1.807) is 0 Å². The van der Waals surface area contributed by atoms with Crippen molar-refractivity contribution in [3.05, 3.63) is 28.8 Å². The van der Waals surface area contributed by atoms with Crippen molar-refractivity contribution in [2.45, 2.75) is 52.1 Å². The SMILES string of the molecule is CC(C)OC(=O)N1CCCc2cc3c(cc21)CCC3. The molecule has 3 heteroatoms. The predicted molar refractivity (Wildman–Crippen MR) is 75.8 cm³/mol. The molecule has 0 fully saturated rings. The van der Waals surface area contributed by atoms with Gasteiger partial charge in [0.15, 0.2) is 0 Å². The van der Waals surface area contributed by atoms with Crippen LogP contribution in [0.3, 0.4) is 0 Å². The molecule has 1 heterocycles. The van der Waals surface area contributed by atoms with E-state index < -0.39 is 0 Å². The molecule has 1 aliphatic heterocycles. The zero-order valence-electron chi connectivity index (χ0n) is 11.7. The van der Waals surface area contributed by atoms with E-state index in [1.165, 1.54) is 29.5 Å². The lowest BCUT2D eigenvalue weighted by Crippen LogP contribution is -2.37. The molecule has 0 aromatic heterocycles. The first-order valence-corrected chi connectivity index (χ1v) is 7.28. The van der Waals surface area contributed by atoms with Crippen LogP contribution in [0.15, 0.2) is 12.1 Å². The topological polar surface area (TPSA) is 29.5 Å². The number of hydrogen-bond donors (Lipinski definition) is 0. The molecule has 1 aliphatic carbocycles. The second kappa shape index (κ2) is 4.87. The first-order valence-electron chi connectivity index (χ1n) is 7.28. The van der Waals surface area contributed by atoms with E-state index in [0.717, 1.165) is 31.5 Å². The molecule has 1 aromatic rings. The second-order valence-electron chi connectivity index (χ2n) is 5.79. The fourth-order valence-electron chi connectivity index (χ4n) is 3.12. The first-order chi connectivity index (χ1) is 9.15. The summed E-state index contributed by atoms with van der Waals surface area (Å²) in [4.78, 5) is 14.0. The van der Waals surface area contributed by atoms with E-state index in [0.29, 0.717) is 0 Å². The van der Waals surface area contributed by atoms with Crippen LogP contribution in [0.4, 0.5) is 10.5 Å². The van der Waals surface area contributed by atoms with Gasteiger partial charge in [0.25, 0.3) is 0 Å². The summed E-state index contributed by atoms with van der Waals surface area (Å²) in [6, 6.07) is 4.53. The van der Waals surface area contributed by atoms with E-state index >= 15 is 0 Å². The number of aryl methyl sites for hydroxylation is 3. The van der Waals surface area contributed by atoms with E-state index in [2.05, 4.69) is 12.1 Å². The zero-order valence-corrected chi connectivity index (χ0v) is 11.7. The van der Waals surface area contributed by atoms with Gasteiger partial charge in [-0.1, -0.05) is 6.07 Å². The smallest absolute Gasteiger partial charge is 0.414 e. The average Bonchev–Trinajstić information content (AvgIpc) is 2.81. The van der Waals surface area contributed by atoms with Gasteiger partial charge in [-0.25, -0.2) is 4.79 Å². The number of hydrogen-bond acceptors (Lipinski definition) is 2. The first kappa shape index (κ1) is 12.5. The van der Waals surface area contributed by atoms with Crippen molar-refractivity contribution in [3.63, 3.8) is 0 Å². The van der Waals surface area contributed by atoms with Crippen LogP contribution in [0, 0.1) is 0 Å². The predicted octanol–water partition coefficient (Wildman–Crippen LogP) is 3.47. The van der Waals surface area contributed by atoms with Crippen LogP contribution >= 0.6 is 0 Å². The number of fused-ring (bicyclic) bond motifs is 2. The van der Waals surface area contributed by atoms with Crippen LogP contribution in [-0.4, -0.2) is 18.7 Å². The molecule has 3 rings (SSSR count). The molecular formula is C16H21NO2. The third-order valence-corrected chi connectivity index (χ3v) is 3.97. The van der Waals surface area contributed by atoms with E-state index in [4.69, 9.17) is 4.74 Å². The lowest BCUT2D eigenvalue weighted by molar-refractivity contribution is 0.122. The van der Waals surface area contributed by atoms with Crippen molar-refractivity contribution >= 4 is 11.8 Å². The highest BCUT2D eigenvalue weighted by molar-refractivity contribution is 5.89. The Morgan fingerprint density at radius 1 is 1.11 bits per heavy atom. The largest absolute Gasteiger partial charge is 0.446 e. The monoisotopic (exact) mass is 259 g/mol. The number of nitrogens with zero attached hydrogens (tertiary/aromatic N) is 1. The van der Waals surface area contributed by atoms with E-state index in [9.17, 15) is 4.79 Å². The zero-order chi connectivity index (χ0) is 13.4. The molecule has 0 bridgehead atoms. The Bertz CT molecular complexity index is 508. The maximum Gasteiger partial charge on any atom is 0.414 e. The molecule has 0 unspecified atom stereocenters. The van der Waals surface area contributed by atoms with Crippen LogP contribution in [-0.2, 0) is 24.0 Å². The summed E-state index contributed by atoms with van der Waals surface area (Å²) in [6.45, 7) is 4.56. The number of amides is 1. The summed E-state index contributed by atoms with van der Waals surface area (Å²) in [5.41, 5.74) is 5.30. The molecule has 102 valence electrons. The van der Waals surface area contributed by atoms with Crippen molar-refractivity contribution in [1.82, 2.24) is 0 Å². The minimum Gasteiger partial charge on any atom is -0.446 e. The second-order valence-corrected chi connectivity index (χ2v) is 5.79. The van der Waals surface area contributed by atoms with Crippen LogP contribution in [0.1, 0.15) is 43.4 Å². The molecule has 3 nitrogen and oxygen atoms in total. The summed E-state index contributed by atoms with van der Waals surface area (Å²) in [6.07, 6.45) is 5.43. The van der Waals surface area contributed by atoms with Crippen molar-refractivity contribution in [2.75, 3.05) is 11.4 Å². The summed E-state index contributed by atoms with van der Waals surface area (Å²) in [5, 5.41) is 0. The molecular weight excluding hydrogens is 238 g/mol. The van der Waals surface area contributed by atoms with Gasteiger partial charge >= 0.3 is 6.09 Å². The Kier molecular flexibility index (Phi) is 3.21. The van der Waals surface area contributed by atoms with Crippen molar-refractivity contribution in [3.8, 4) is 0 Å². The highest BCUT2D eigenvalue weighted by Crippen LogP contribution is 2.34. The highest BCUT2D eigenvalue weighted by Gasteiger charge is 2.26. The van der Waals surface area contributed by atoms with Gasteiger partial charge in [-0.15, -0.1) is 0 Å². The number of carbonyl (C=O) groups is 1. The molecule has 0 atom stereocenters. The van der Waals surface area contributed by atoms with Crippen molar-refractivity contribution in [1.29, 1.82) is 0 Å². The molecule has 2 aliphatic rings. The fourth-order valence-corrected chi connectivity index (χ4v) is 3.12. The third-order valence-electron chi connectivity index (χ3n) is 3.97. The van der Waals surface area contributed by atoms with Crippen LogP contribution in [0.5, 0.6) is 0 Å². The Labute approximate surface area is 114 Å². The molecule has 0 saturated carbocycles. The van der Waals surface area contributed by atoms with Gasteiger partial charge in [0.05, 0.1) is 11.8 Å². The van der Waals surface area contributed by atoms with Gasteiger partial charge in [0.2, 0.25) is 0 Å². The fraction of sp³-hybridized carbons (Fsp3) is 0.562. The standard InChI is InChI=1S/C16H21NO2/c1-11(2)19-16(18)17-8-4-7-14-9-12-5-3-6-13(12)10-15(14)17/h9-11H,3-8H2,1-2H3. The van der Waals surface area contributed by atoms with Crippen LogP contribution < -0.4 is 4.90 Å². The summed E-state index contributed by atoms with van der Waals surface area (Å²) in [5.74, 6) is 0. The van der Waals surface area contributed by atoms with Gasteiger partial charge in [-0.05, 0) is 68.7 Å². The minimum atomic E-state index is -0.200. The number of benzene rings is 1. The quantitative estimate of drug-likeness (QED) is 0.773.